The molecule has 0 spiro atoms. The van der Waals surface area contributed by atoms with E-state index in [0.29, 0.717) is 11.8 Å². The molecule has 1 nitrogen and oxygen atoms in total. The summed E-state index contributed by atoms with van der Waals surface area (Å²) in [6, 6.07) is 0. The van der Waals surface area contributed by atoms with Crippen molar-refractivity contribution < 1.29 is 5.11 Å². The van der Waals surface area contributed by atoms with Crippen LogP contribution in [0.3, 0.4) is 0 Å². The van der Waals surface area contributed by atoms with Crippen molar-refractivity contribution in [1.29, 1.82) is 0 Å². The zero-order valence-electron chi connectivity index (χ0n) is 6.89. The first kappa shape index (κ1) is 8.96. The van der Waals surface area contributed by atoms with Crippen molar-refractivity contribution in [2.24, 2.45) is 11.8 Å². The molecule has 0 aromatic rings. The predicted octanol–water partition coefficient (Wildman–Crippen LogP) is 2.05. The van der Waals surface area contributed by atoms with Gasteiger partial charge in [0.15, 0.2) is 0 Å². The van der Waals surface area contributed by atoms with Crippen molar-refractivity contribution in [3.63, 3.8) is 0 Å². The van der Waals surface area contributed by atoms with Crippen LogP contribution in [0.4, 0.5) is 0 Å². The Morgan fingerprint density at radius 3 is 1.78 bits per heavy atom. The molecule has 0 aliphatic rings. The van der Waals surface area contributed by atoms with Gasteiger partial charge in [-0.05, 0) is 11.8 Å². The first-order valence-electron chi connectivity index (χ1n) is 3.77. The summed E-state index contributed by atoms with van der Waals surface area (Å²) in [5.41, 5.74) is 0. The summed E-state index contributed by atoms with van der Waals surface area (Å²) in [5.74, 6) is 0.852. The van der Waals surface area contributed by atoms with Gasteiger partial charge in [0, 0.05) is 0 Å². The maximum Gasteiger partial charge on any atom is 0.0588 e. The summed E-state index contributed by atoms with van der Waals surface area (Å²) in [5, 5.41) is 9.39. The van der Waals surface area contributed by atoms with Crippen molar-refractivity contribution >= 4 is 0 Å². The third kappa shape index (κ3) is 2.85. The first-order chi connectivity index (χ1) is 4.09. The lowest BCUT2D eigenvalue weighted by Gasteiger charge is -2.20. The fourth-order valence-electron chi connectivity index (χ4n) is 0.899. The molecule has 0 saturated heterocycles. The second kappa shape index (κ2) is 3.89. The van der Waals surface area contributed by atoms with Gasteiger partial charge in [0.2, 0.25) is 0 Å². The van der Waals surface area contributed by atoms with Crippen LogP contribution in [0, 0.1) is 11.8 Å². The SMILES string of the molecule is CC[C@@H](C)[C@H](O)C(C)C. The first-order valence-corrected chi connectivity index (χ1v) is 3.77. The zero-order valence-corrected chi connectivity index (χ0v) is 6.89. The van der Waals surface area contributed by atoms with Gasteiger partial charge in [0.25, 0.3) is 0 Å². The van der Waals surface area contributed by atoms with E-state index in [9.17, 15) is 5.11 Å². The van der Waals surface area contributed by atoms with Gasteiger partial charge in [-0.15, -0.1) is 0 Å². The second-order valence-electron chi connectivity index (χ2n) is 3.12. The molecule has 1 heteroatoms. The van der Waals surface area contributed by atoms with Crippen LogP contribution in [0.15, 0.2) is 0 Å². The maximum atomic E-state index is 9.39. The summed E-state index contributed by atoms with van der Waals surface area (Å²) in [6.45, 7) is 8.30. The molecule has 0 fully saturated rings. The fraction of sp³-hybridized carbons (Fsp3) is 1.00. The topological polar surface area (TPSA) is 20.2 Å². The Bertz CT molecular complexity index is 69.0. The Morgan fingerprint density at radius 2 is 1.67 bits per heavy atom. The van der Waals surface area contributed by atoms with E-state index in [-0.39, 0.29) is 6.10 Å². The third-order valence-electron chi connectivity index (χ3n) is 1.91. The van der Waals surface area contributed by atoms with Crippen molar-refractivity contribution in [2.75, 3.05) is 0 Å². The number of hydrogen-bond donors (Lipinski definition) is 1. The van der Waals surface area contributed by atoms with Gasteiger partial charge in [0.05, 0.1) is 6.10 Å². The number of aliphatic hydroxyl groups is 1. The van der Waals surface area contributed by atoms with Crippen LogP contribution in [0.2, 0.25) is 0 Å². The normalized spacial score (nSPS) is 18.0. The average Bonchev–Trinajstić information content (AvgIpc) is 1.84. The van der Waals surface area contributed by atoms with Crippen molar-refractivity contribution in [3.8, 4) is 0 Å². The lowest BCUT2D eigenvalue weighted by Crippen LogP contribution is -2.22. The van der Waals surface area contributed by atoms with Crippen LogP contribution in [-0.2, 0) is 0 Å². The van der Waals surface area contributed by atoms with Gasteiger partial charge in [-0.1, -0.05) is 34.1 Å². The zero-order chi connectivity index (χ0) is 7.44. The average molecular weight is 130 g/mol. The van der Waals surface area contributed by atoms with Crippen LogP contribution in [-0.4, -0.2) is 11.2 Å². The van der Waals surface area contributed by atoms with Gasteiger partial charge in [-0.25, -0.2) is 0 Å². The molecule has 2 atom stereocenters. The third-order valence-corrected chi connectivity index (χ3v) is 1.91. The van der Waals surface area contributed by atoms with Crippen molar-refractivity contribution in [2.45, 2.75) is 40.2 Å². The quantitative estimate of drug-likeness (QED) is 0.620. The minimum absolute atomic E-state index is 0.116. The lowest BCUT2D eigenvalue weighted by molar-refractivity contribution is 0.0707. The molecule has 0 saturated carbocycles. The highest BCUT2D eigenvalue weighted by atomic mass is 16.3. The summed E-state index contributed by atoms with van der Waals surface area (Å²) in [6.07, 6.45) is 0.953. The molecule has 0 heterocycles. The van der Waals surface area contributed by atoms with E-state index in [0.717, 1.165) is 6.42 Å². The number of aliphatic hydroxyl groups excluding tert-OH is 1. The van der Waals surface area contributed by atoms with Crippen LogP contribution in [0.25, 0.3) is 0 Å². The molecule has 0 aromatic carbocycles. The number of hydrogen-bond acceptors (Lipinski definition) is 1. The highest BCUT2D eigenvalue weighted by Crippen LogP contribution is 2.14. The molecule has 1 N–H and O–H groups in total. The van der Waals surface area contributed by atoms with Crippen molar-refractivity contribution in [3.05, 3.63) is 0 Å². The smallest absolute Gasteiger partial charge is 0.0588 e. The Labute approximate surface area is 58.1 Å². The number of rotatable bonds is 3. The lowest BCUT2D eigenvalue weighted by atomic mass is 9.93. The standard InChI is InChI=1S/C8H18O/c1-5-7(4)8(9)6(2)3/h6-9H,5H2,1-4H3/t7-,8-/m1/s1. The molecule has 0 amide bonds. The highest BCUT2D eigenvalue weighted by Gasteiger charge is 2.14. The summed E-state index contributed by atoms with van der Waals surface area (Å²) >= 11 is 0. The summed E-state index contributed by atoms with van der Waals surface area (Å²) < 4.78 is 0. The Kier molecular flexibility index (Phi) is 3.87. The van der Waals surface area contributed by atoms with E-state index < -0.39 is 0 Å². The highest BCUT2D eigenvalue weighted by molar-refractivity contribution is 4.65. The van der Waals surface area contributed by atoms with E-state index in [1.165, 1.54) is 0 Å². The molecule has 0 radical (unpaired) electrons. The van der Waals surface area contributed by atoms with Crippen LogP contribution in [0.1, 0.15) is 34.1 Å². The second-order valence-corrected chi connectivity index (χ2v) is 3.12. The van der Waals surface area contributed by atoms with E-state index in [2.05, 4.69) is 27.7 Å². The van der Waals surface area contributed by atoms with E-state index in [1.54, 1.807) is 0 Å². The molecular formula is C8H18O. The monoisotopic (exact) mass is 130 g/mol. The Hall–Kier alpha value is -0.0400. The summed E-state index contributed by atoms with van der Waals surface area (Å²) in [4.78, 5) is 0. The minimum Gasteiger partial charge on any atom is -0.393 e. The van der Waals surface area contributed by atoms with E-state index in [1.807, 2.05) is 0 Å². The minimum atomic E-state index is -0.116. The molecule has 0 unspecified atom stereocenters. The van der Waals surface area contributed by atoms with Gasteiger partial charge < -0.3 is 5.11 Å². The fourth-order valence-corrected chi connectivity index (χ4v) is 0.899. The van der Waals surface area contributed by atoms with E-state index >= 15 is 0 Å². The Morgan fingerprint density at radius 1 is 1.22 bits per heavy atom. The largest absolute Gasteiger partial charge is 0.393 e. The molecular weight excluding hydrogens is 112 g/mol. The molecule has 0 aliphatic heterocycles. The molecule has 56 valence electrons. The molecule has 0 bridgehead atoms. The van der Waals surface area contributed by atoms with E-state index in [4.69, 9.17) is 0 Å². The van der Waals surface area contributed by atoms with Crippen LogP contribution < -0.4 is 0 Å². The van der Waals surface area contributed by atoms with Gasteiger partial charge in [-0.2, -0.15) is 0 Å². The van der Waals surface area contributed by atoms with Crippen LogP contribution in [0.5, 0.6) is 0 Å². The maximum absolute atomic E-state index is 9.39. The molecule has 0 aliphatic carbocycles. The van der Waals surface area contributed by atoms with Crippen molar-refractivity contribution in [1.82, 2.24) is 0 Å². The molecule has 0 aromatic heterocycles. The van der Waals surface area contributed by atoms with Gasteiger partial charge in [-0.3, -0.25) is 0 Å². The Balaban J connectivity index is 3.58. The molecule has 9 heavy (non-hydrogen) atoms. The van der Waals surface area contributed by atoms with Crippen LogP contribution >= 0.6 is 0 Å². The van der Waals surface area contributed by atoms with Gasteiger partial charge >= 0.3 is 0 Å². The summed E-state index contributed by atoms with van der Waals surface area (Å²) in [7, 11) is 0. The molecule has 0 rings (SSSR count). The van der Waals surface area contributed by atoms with Gasteiger partial charge in [0.1, 0.15) is 0 Å². The predicted molar refractivity (Wildman–Crippen MR) is 40.3 cm³/mol.